The molecule has 1 heterocycles. The van der Waals surface area contributed by atoms with Gasteiger partial charge in [0.1, 0.15) is 11.6 Å². The van der Waals surface area contributed by atoms with Crippen LogP contribution in [0.2, 0.25) is 5.02 Å². The predicted octanol–water partition coefficient (Wildman–Crippen LogP) is 6.03. The molecule has 1 aromatic heterocycles. The standard InChI is InChI=1S/C24H20ClF3N2O3S/c1-2-34(32)15-9-7-14(8-10-15)18(13-31)23-29-20-11-17(19(25)12-21(20)30-23)16-5-3-4-6-22(16)33-24(26,27)28/h3-12,18,31H,2,13H2,1H3,(H,29,30). The van der Waals surface area contributed by atoms with Crippen molar-refractivity contribution in [3.63, 3.8) is 0 Å². The van der Waals surface area contributed by atoms with Gasteiger partial charge in [-0.1, -0.05) is 48.9 Å². The van der Waals surface area contributed by atoms with E-state index in [-0.39, 0.29) is 22.9 Å². The highest BCUT2D eigenvalue weighted by atomic mass is 35.5. The lowest BCUT2D eigenvalue weighted by Gasteiger charge is -2.14. The maximum atomic E-state index is 12.9. The molecule has 2 unspecified atom stereocenters. The maximum Gasteiger partial charge on any atom is 0.573 e. The van der Waals surface area contributed by atoms with Crippen LogP contribution in [0.25, 0.3) is 22.2 Å². The van der Waals surface area contributed by atoms with Gasteiger partial charge in [0.15, 0.2) is 0 Å². The van der Waals surface area contributed by atoms with E-state index in [9.17, 15) is 22.5 Å². The number of para-hydroxylation sites is 1. The Kier molecular flexibility index (Phi) is 6.97. The summed E-state index contributed by atoms with van der Waals surface area (Å²) in [5.74, 6) is 0.117. The molecule has 0 fully saturated rings. The zero-order valence-corrected chi connectivity index (χ0v) is 19.5. The number of aliphatic hydroxyl groups excluding tert-OH is 1. The highest BCUT2D eigenvalue weighted by Crippen LogP contribution is 2.39. The SMILES string of the molecule is CCS(=O)c1ccc(C(CO)c2nc3cc(-c4ccccc4OC(F)(F)F)c(Cl)cc3[nH]2)cc1. The minimum atomic E-state index is -4.85. The number of nitrogens with one attached hydrogen (secondary N) is 1. The summed E-state index contributed by atoms with van der Waals surface area (Å²) in [5, 5.41) is 10.3. The van der Waals surface area contributed by atoms with Crippen LogP contribution in [0.4, 0.5) is 13.2 Å². The van der Waals surface area contributed by atoms with Crippen molar-refractivity contribution >= 4 is 33.4 Å². The van der Waals surface area contributed by atoms with Crippen molar-refractivity contribution in [2.75, 3.05) is 12.4 Å². The van der Waals surface area contributed by atoms with Crippen LogP contribution in [0.3, 0.4) is 0 Å². The number of aliphatic hydroxyl groups is 1. The number of halogens is 4. The fourth-order valence-electron chi connectivity index (χ4n) is 3.69. The summed E-state index contributed by atoms with van der Waals surface area (Å²) >= 11 is 6.42. The largest absolute Gasteiger partial charge is 0.573 e. The molecule has 0 saturated carbocycles. The van der Waals surface area contributed by atoms with Crippen molar-refractivity contribution in [2.24, 2.45) is 0 Å². The van der Waals surface area contributed by atoms with E-state index in [2.05, 4.69) is 14.7 Å². The Hall–Kier alpha value is -2.88. The van der Waals surface area contributed by atoms with Crippen LogP contribution in [0.1, 0.15) is 24.2 Å². The molecule has 4 rings (SSSR count). The summed E-state index contributed by atoms with van der Waals surface area (Å²) in [6.45, 7) is 1.60. The molecule has 5 nitrogen and oxygen atoms in total. The van der Waals surface area contributed by atoms with Crippen LogP contribution in [-0.2, 0) is 10.8 Å². The molecular weight excluding hydrogens is 489 g/mol. The highest BCUT2D eigenvalue weighted by molar-refractivity contribution is 7.85. The maximum absolute atomic E-state index is 12.9. The zero-order chi connectivity index (χ0) is 24.5. The van der Waals surface area contributed by atoms with Crippen LogP contribution >= 0.6 is 11.6 Å². The Morgan fingerprint density at radius 3 is 2.47 bits per heavy atom. The summed E-state index contributed by atoms with van der Waals surface area (Å²) in [6, 6.07) is 16.0. The van der Waals surface area contributed by atoms with Crippen molar-refractivity contribution in [1.29, 1.82) is 0 Å². The summed E-state index contributed by atoms with van der Waals surface area (Å²) in [5.41, 5.74) is 2.32. The van der Waals surface area contributed by atoms with Gasteiger partial charge in [-0.3, -0.25) is 4.21 Å². The average molecular weight is 509 g/mol. The van der Waals surface area contributed by atoms with E-state index in [4.69, 9.17) is 11.6 Å². The molecule has 0 aliphatic heterocycles. The third kappa shape index (κ3) is 5.11. The molecule has 0 saturated heterocycles. The number of rotatable bonds is 7. The van der Waals surface area contributed by atoms with Crippen LogP contribution in [-0.4, -0.2) is 38.0 Å². The lowest BCUT2D eigenvalue weighted by molar-refractivity contribution is -0.274. The second-order valence-corrected chi connectivity index (χ2v) is 9.60. The van der Waals surface area contributed by atoms with Gasteiger partial charge in [0.05, 0.1) is 39.4 Å². The second-order valence-electron chi connectivity index (χ2n) is 7.45. The fraction of sp³-hybridized carbons (Fsp3) is 0.208. The van der Waals surface area contributed by atoms with Gasteiger partial charge < -0.3 is 14.8 Å². The quantitative estimate of drug-likeness (QED) is 0.319. The van der Waals surface area contributed by atoms with E-state index in [1.54, 1.807) is 42.5 Å². The first-order chi connectivity index (χ1) is 16.2. The van der Waals surface area contributed by atoms with Crippen molar-refractivity contribution in [2.45, 2.75) is 24.1 Å². The number of nitrogens with zero attached hydrogens (tertiary/aromatic N) is 1. The zero-order valence-electron chi connectivity index (χ0n) is 17.9. The highest BCUT2D eigenvalue weighted by Gasteiger charge is 2.32. The van der Waals surface area contributed by atoms with E-state index in [0.29, 0.717) is 33.1 Å². The molecule has 34 heavy (non-hydrogen) atoms. The van der Waals surface area contributed by atoms with Gasteiger partial charge in [0, 0.05) is 21.8 Å². The molecule has 10 heteroatoms. The molecule has 0 radical (unpaired) electrons. The number of hydrogen-bond acceptors (Lipinski definition) is 4. The van der Waals surface area contributed by atoms with E-state index < -0.39 is 23.1 Å². The third-order valence-corrected chi connectivity index (χ3v) is 6.95. The topological polar surface area (TPSA) is 75.2 Å². The summed E-state index contributed by atoms with van der Waals surface area (Å²) < 4.78 is 54.7. The minimum absolute atomic E-state index is 0.175. The van der Waals surface area contributed by atoms with Gasteiger partial charge >= 0.3 is 6.36 Å². The molecule has 178 valence electrons. The number of H-pyrrole nitrogens is 1. The number of alkyl halides is 3. The first kappa shape index (κ1) is 24.3. The van der Waals surface area contributed by atoms with Gasteiger partial charge in [0.25, 0.3) is 0 Å². The van der Waals surface area contributed by atoms with Gasteiger partial charge in [-0.05, 0) is 35.9 Å². The second kappa shape index (κ2) is 9.77. The third-order valence-electron chi connectivity index (χ3n) is 5.31. The molecule has 2 N–H and O–H groups in total. The van der Waals surface area contributed by atoms with E-state index in [1.807, 2.05) is 6.92 Å². The molecule has 0 amide bonds. The van der Waals surface area contributed by atoms with Gasteiger partial charge in [-0.25, -0.2) is 4.98 Å². The number of hydrogen-bond donors (Lipinski definition) is 2. The molecule has 0 bridgehead atoms. The van der Waals surface area contributed by atoms with Crippen molar-refractivity contribution < 1.29 is 27.2 Å². The smallest absolute Gasteiger partial charge is 0.405 e. The van der Waals surface area contributed by atoms with Gasteiger partial charge in [-0.2, -0.15) is 0 Å². The lowest BCUT2D eigenvalue weighted by atomic mass is 9.99. The number of fused-ring (bicyclic) bond motifs is 1. The summed E-state index contributed by atoms with van der Waals surface area (Å²) in [6.07, 6.45) is -4.85. The van der Waals surface area contributed by atoms with Crippen molar-refractivity contribution in [3.05, 3.63) is 77.1 Å². The molecular formula is C24H20ClF3N2O3S. The van der Waals surface area contributed by atoms with Crippen LogP contribution < -0.4 is 4.74 Å². The average Bonchev–Trinajstić information content (AvgIpc) is 3.20. The Morgan fingerprint density at radius 2 is 1.82 bits per heavy atom. The molecule has 0 aliphatic carbocycles. The molecule has 0 aliphatic rings. The van der Waals surface area contributed by atoms with E-state index in [0.717, 1.165) is 5.56 Å². The number of aromatic nitrogens is 2. The van der Waals surface area contributed by atoms with Crippen LogP contribution in [0.15, 0.2) is 65.6 Å². The summed E-state index contributed by atoms with van der Waals surface area (Å²) in [4.78, 5) is 8.41. The first-order valence-electron chi connectivity index (χ1n) is 10.3. The normalized spacial score (nSPS) is 13.7. The molecule has 4 aromatic rings. The Bertz CT molecular complexity index is 1340. The number of benzene rings is 3. The van der Waals surface area contributed by atoms with E-state index >= 15 is 0 Å². The number of imidazole rings is 1. The Labute approximate surface area is 201 Å². The van der Waals surface area contributed by atoms with Gasteiger partial charge in [0.2, 0.25) is 0 Å². The summed E-state index contributed by atoms with van der Waals surface area (Å²) in [7, 11) is -1.08. The van der Waals surface area contributed by atoms with Crippen LogP contribution in [0.5, 0.6) is 5.75 Å². The Balaban J connectivity index is 1.73. The first-order valence-corrected chi connectivity index (χ1v) is 12.0. The molecule has 2 atom stereocenters. The Morgan fingerprint density at radius 1 is 1.12 bits per heavy atom. The van der Waals surface area contributed by atoms with Crippen LogP contribution in [0, 0.1) is 0 Å². The minimum Gasteiger partial charge on any atom is -0.405 e. The van der Waals surface area contributed by atoms with Gasteiger partial charge in [-0.15, -0.1) is 13.2 Å². The molecule has 0 spiro atoms. The monoisotopic (exact) mass is 508 g/mol. The van der Waals surface area contributed by atoms with Crippen molar-refractivity contribution in [1.82, 2.24) is 9.97 Å². The predicted molar refractivity (Wildman–Crippen MR) is 126 cm³/mol. The number of ether oxygens (including phenoxy) is 1. The lowest BCUT2D eigenvalue weighted by Crippen LogP contribution is -2.17. The van der Waals surface area contributed by atoms with E-state index in [1.165, 1.54) is 18.2 Å². The number of aromatic amines is 1. The van der Waals surface area contributed by atoms with Crippen molar-refractivity contribution in [3.8, 4) is 16.9 Å². The molecule has 3 aromatic carbocycles. The fourth-order valence-corrected chi connectivity index (χ4v) is 4.73.